The van der Waals surface area contributed by atoms with Crippen molar-refractivity contribution in [2.75, 3.05) is 4.90 Å². The van der Waals surface area contributed by atoms with Crippen molar-refractivity contribution in [1.82, 2.24) is 0 Å². The van der Waals surface area contributed by atoms with Gasteiger partial charge in [-0.05, 0) is 142 Å². The lowest BCUT2D eigenvalue weighted by Crippen LogP contribution is -2.37. The summed E-state index contributed by atoms with van der Waals surface area (Å²) in [6, 6.07) is 59.7. The van der Waals surface area contributed by atoms with Crippen LogP contribution in [0, 0.1) is 0 Å². The molecule has 0 aliphatic heterocycles. The summed E-state index contributed by atoms with van der Waals surface area (Å²) < 4.78 is 6.30. The second kappa shape index (κ2) is 12.7. The Hall–Kier alpha value is -6.12. The van der Waals surface area contributed by atoms with Crippen LogP contribution >= 0.6 is 0 Å². The van der Waals surface area contributed by atoms with Crippen LogP contribution in [0.4, 0.5) is 11.4 Å². The minimum atomic E-state index is 0.276. The first-order valence-electron chi connectivity index (χ1n) is 20.7. The lowest BCUT2D eigenvalue weighted by Gasteiger charge is -2.40. The second-order valence-electron chi connectivity index (χ2n) is 16.6. The molecule has 0 radical (unpaired) electrons. The Labute approximate surface area is 328 Å². The Morgan fingerprint density at radius 1 is 0.500 bits per heavy atom. The number of benzene rings is 7. The molecule has 1 saturated carbocycles. The molecule has 1 heterocycles. The number of fused-ring (bicyclic) bond motifs is 7. The van der Waals surface area contributed by atoms with Gasteiger partial charge >= 0.3 is 0 Å². The third kappa shape index (κ3) is 4.88. The van der Waals surface area contributed by atoms with Gasteiger partial charge in [-0.15, -0.1) is 0 Å². The van der Waals surface area contributed by atoms with Crippen molar-refractivity contribution < 1.29 is 4.42 Å². The smallest absolute Gasteiger partial charge is 0.135 e. The molecule has 2 heteroatoms. The second-order valence-corrected chi connectivity index (χ2v) is 16.6. The third-order valence-corrected chi connectivity index (χ3v) is 13.8. The monoisotopic (exact) mass is 721 g/mol. The highest BCUT2D eigenvalue weighted by Gasteiger charge is 2.42. The highest BCUT2D eigenvalue weighted by Crippen LogP contribution is 2.61. The van der Waals surface area contributed by atoms with Crippen LogP contribution in [0.3, 0.4) is 0 Å². The van der Waals surface area contributed by atoms with Crippen LogP contribution in [0.2, 0.25) is 0 Å². The zero-order valence-electron chi connectivity index (χ0n) is 31.4. The van der Waals surface area contributed by atoms with E-state index in [4.69, 9.17) is 4.42 Å². The maximum atomic E-state index is 6.30. The van der Waals surface area contributed by atoms with Crippen LogP contribution in [-0.4, -0.2) is 6.04 Å². The Kier molecular flexibility index (Phi) is 7.30. The van der Waals surface area contributed by atoms with E-state index in [1.54, 1.807) is 11.1 Å². The van der Waals surface area contributed by atoms with Crippen molar-refractivity contribution >= 4 is 33.3 Å². The number of furan rings is 1. The molecule has 1 fully saturated rings. The first-order chi connectivity index (χ1) is 27.8. The van der Waals surface area contributed by atoms with E-state index in [0.29, 0.717) is 17.8 Å². The fourth-order valence-corrected chi connectivity index (χ4v) is 11.4. The number of nitrogens with zero attached hydrogens (tertiary/aromatic N) is 1. The van der Waals surface area contributed by atoms with Crippen molar-refractivity contribution in [3.05, 3.63) is 192 Å². The molecule has 4 aliphatic rings. The van der Waals surface area contributed by atoms with Gasteiger partial charge in [-0.2, -0.15) is 0 Å². The van der Waals surface area contributed by atoms with Gasteiger partial charge in [-0.25, -0.2) is 0 Å². The summed E-state index contributed by atoms with van der Waals surface area (Å²) in [5, 5.41) is 2.34. The Morgan fingerprint density at radius 3 is 2.11 bits per heavy atom. The summed E-state index contributed by atoms with van der Waals surface area (Å²) in [5.74, 6) is 1.82. The van der Waals surface area contributed by atoms with E-state index in [-0.39, 0.29) is 12.0 Å². The van der Waals surface area contributed by atoms with Crippen molar-refractivity contribution in [1.29, 1.82) is 0 Å². The standard InChI is InChI=1S/C54H43NO/c1-2-12-35(13-3-1)39-14-6-8-22-50(39)55(38-29-31-52-48(33-38)42-16-7-9-23-51(42)56-52)37-27-24-34(25-28-37)36-26-30-41-45-19-11-20-46-47-21-10-18-44(54(47)49(41)32-36)40-15-4-5-17-43(40)53(45)46/h1-7,9-21,23-25,27-29,31,33,36,39,41,49-50H,8,22,26,30,32H2/t36?,39?,41-,49?,50?/m0/s1. The van der Waals surface area contributed by atoms with Crippen molar-refractivity contribution in [3.8, 4) is 33.4 Å². The van der Waals surface area contributed by atoms with E-state index < -0.39 is 0 Å². The van der Waals surface area contributed by atoms with Crippen molar-refractivity contribution in [3.63, 3.8) is 0 Å². The van der Waals surface area contributed by atoms with Crippen molar-refractivity contribution in [2.24, 2.45) is 0 Å². The average Bonchev–Trinajstić information content (AvgIpc) is 3.59. The van der Waals surface area contributed by atoms with Gasteiger partial charge in [0.05, 0.1) is 0 Å². The zero-order valence-corrected chi connectivity index (χ0v) is 31.4. The molecular formula is C54H43NO. The number of allylic oxidation sites excluding steroid dienone is 1. The number of para-hydroxylation sites is 1. The first kappa shape index (κ1) is 32.2. The minimum absolute atomic E-state index is 0.276. The van der Waals surface area contributed by atoms with Gasteiger partial charge in [0.1, 0.15) is 11.2 Å². The quantitative estimate of drug-likeness (QED) is 0.165. The summed E-state index contributed by atoms with van der Waals surface area (Å²) in [6.45, 7) is 0. The van der Waals surface area contributed by atoms with Crippen LogP contribution in [-0.2, 0) is 0 Å². The topological polar surface area (TPSA) is 16.4 Å². The van der Waals surface area contributed by atoms with E-state index >= 15 is 0 Å². The summed E-state index contributed by atoms with van der Waals surface area (Å²) >= 11 is 0. The maximum Gasteiger partial charge on any atom is 0.135 e. The van der Waals surface area contributed by atoms with Gasteiger partial charge in [0.15, 0.2) is 0 Å². The normalized spacial score (nSPS) is 21.7. The molecule has 0 amide bonds. The van der Waals surface area contributed by atoms with E-state index in [1.165, 1.54) is 85.9 Å². The van der Waals surface area contributed by atoms with Crippen LogP contribution in [0.15, 0.2) is 174 Å². The molecule has 4 aliphatic carbocycles. The van der Waals surface area contributed by atoms with Crippen molar-refractivity contribution in [2.45, 2.75) is 61.8 Å². The molecule has 8 aromatic rings. The Morgan fingerprint density at radius 2 is 1.21 bits per heavy atom. The first-order valence-corrected chi connectivity index (χ1v) is 20.7. The maximum absolute atomic E-state index is 6.30. The number of anilines is 2. The fourth-order valence-electron chi connectivity index (χ4n) is 11.4. The molecule has 56 heavy (non-hydrogen) atoms. The molecule has 2 nitrogen and oxygen atoms in total. The van der Waals surface area contributed by atoms with E-state index in [1.807, 2.05) is 0 Å². The van der Waals surface area contributed by atoms with Gasteiger partial charge < -0.3 is 9.32 Å². The molecule has 0 N–H and O–H groups in total. The fraction of sp³-hybridized carbons (Fsp3) is 0.185. The summed E-state index contributed by atoms with van der Waals surface area (Å²) in [7, 11) is 0. The van der Waals surface area contributed by atoms with Crippen LogP contribution in [0.1, 0.15) is 78.0 Å². The van der Waals surface area contributed by atoms with E-state index in [9.17, 15) is 0 Å². The predicted octanol–water partition coefficient (Wildman–Crippen LogP) is 14.7. The van der Waals surface area contributed by atoms with Gasteiger partial charge in [-0.1, -0.05) is 133 Å². The molecule has 4 unspecified atom stereocenters. The van der Waals surface area contributed by atoms with Gasteiger partial charge in [-0.3, -0.25) is 0 Å². The highest BCUT2D eigenvalue weighted by atomic mass is 16.3. The lowest BCUT2D eigenvalue weighted by atomic mass is 9.65. The Balaban J connectivity index is 0.939. The van der Waals surface area contributed by atoms with Crippen LogP contribution in [0.5, 0.6) is 0 Å². The average molecular weight is 722 g/mol. The minimum Gasteiger partial charge on any atom is -0.456 e. The summed E-state index contributed by atoms with van der Waals surface area (Å²) in [6.07, 6.45) is 10.6. The third-order valence-electron chi connectivity index (χ3n) is 13.8. The number of rotatable bonds is 5. The zero-order chi connectivity index (χ0) is 36.7. The van der Waals surface area contributed by atoms with Gasteiger partial charge in [0.25, 0.3) is 0 Å². The molecule has 0 saturated heterocycles. The Bertz CT molecular complexity index is 2810. The van der Waals surface area contributed by atoms with Gasteiger partial charge in [0, 0.05) is 34.1 Å². The molecular weight excluding hydrogens is 679 g/mol. The van der Waals surface area contributed by atoms with E-state index in [0.717, 1.165) is 24.0 Å². The molecule has 1 aromatic heterocycles. The summed E-state index contributed by atoms with van der Waals surface area (Å²) in [4.78, 5) is 2.63. The largest absolute Gasteiger partial charge is 0.456 e. The van der Waals surface area contributed by atoms with Crippen LogP contribution < -0.4 is 4.90 Å². The number of hydrogen-bond donors (Lipinski definition) is 0. The summed E-state index contributed by atoms with van der Waals surface area (Å²) in [5.41, 5.74) is 18.9. The molecule has 270 valence electrons. The number of hydrogen-bond acceptors (Lipinski definition) is 2. The highest BCUT2D eigenvalue weighted by molar-refractivity contribution is 6.06. The molecule has 12 rings (SSSR count). The predicted molar refractivity (Wildman–Crippen MR) is 232 cm³/mol. The molecule has 6 bridgehead atoms. The molecule has 7 aromatic carbocycles. The molecule has 5 atom stereocenters. The molecule has 0 spiro atoms. The van der Waals surface area contributed by atoms with Gasteiger partial charge in [0.2, 0.25) is 0 Å². The van der Waals surface area contributed by atoms with Crippen LogP contribution in [0.25, 0.3) is 55.3 Å². The SMILES string of the molecule is C1=CC(c2ccccc2)C(N(c2ccc(C3CC[C@H]4c5cccc6c5-c5ccccc5-c5cccc-6c5C4C3)cc2)c2ccc3oc4ccccc4c3c2)CC1. The lowest BCUT2D eigenvalue weighted by molar-refractivity contribution is 0.349. The van der Waals surface area contributed by atoms with E-state index in [2.05, 4.69) is 175 Å².